The van der Waals surface area contributed by atoms with E-state index in [1.54, 1.807) is 6.07 Å². The quantitative estimate of drug-likeness (QED) is 0.384. The van der Waals surface area contributed by atoms with Crippen LogP contribution in [0.5, 0.6) is 0 Å². The number of aromatic nitrogens is 1. The molecule has 2 aromatic heterocycles. The third-order valence-electron chi connectivity index (χ3n) is 7.98. The van der Waals surface area contributed by atoms with E-state index in [1.807, 2.05) is 77.6 Å². The number of anilines is 1. The summed E-state index contributed by atoms with van der Waals surface area (Å²) < 4.78 is 7.78. The summed E-state index contributed by atoms with van der Waals surface area (Å²) in [6.07, 6.45) is 8.19. The van der Waals surface area contributed by atoms with Gasteiger partial charge < -0.3 is 24.5 Å². The number of ketones is 1. The average Bonchev–Trinajstić information content (AvgIpc) is 3.65. The predicted octanol–water partition coefficient (Wildman–Crippen LogP) is 4.62. The molecule has 2 aliphatic rings. The lowest BCUT2D eigenvalue weighted by Crippen LogP contribution is -2.63. The van der Waals surface area contributed by atoms with Crippen molar-refractivity contribution in [2.75, 3.05) is 18.0 Å². The number of carbonyl (C=O) groups excluding carboxylic acids is 3. The molecular formula is C31H32N4O4. The fourth-order valence-electron chi connectivity index (χ4n) is 5.86. The number of hydrogen-bond donors (Lipinski definition) is 2. The number of rotatable bonds is 6. The Balaban J connectivity index is 1.15. The van der Waals surface area contributed by atoms with Crippen molar-refractivity contribution in [3.8, 4) is 5.69 Å². The minimum absolute atomic E-state index is 0.0357. The van der Waals surface area contributed by atoms with Crippen LogP contribution in [0, 0.1) is 0 Å². The molecule has 1 aliphatic heterocycles. The van der Waals surface area contributed by atoms with Crippen molar-refractivity contribution in [3.05, 3.63) is 84.9 Å². The highest BCUT2D eigenvalue weighted by molar-refractivity contribution is 6.01. The molecule has 8 heteroatoms. The first-order valence-corrected chi connectivity index (χ1v) is 13.6. The first kappa shape index (κ1) is 25.0. The molecule has 200 valence electrons. The van der Waals surface area contributed by atoms with Crippen LogP contribution in [0.3, 0.4) is 0 Å². The summed E-state index contributed by atoms with van der Waals surface area (Å²) in [6, 6.07) is 20.5. The predicted molar refractivity (Wildman–Crippen MR) is 149 cm³/mol. The van der Waals surface area contributed by atoms with Gasteiger partial charge in [0.25, 0.3) is 5.91 Å². The number of carbonyl (C=O) groups is 3. The third-order valence-corrected chi connectivity index (χ3v) is 7.98. The van der Waals surface area contributed by atoms with Gasteiger partial charge in [-0.2, -0.15) is 0 Å². The van der Waals surface area contributed by atoms with Crippen LogP contribution in [0.15, 0.2) is 83.5 Å². The summed E-state index contributed by atoms with van der Waals surface area (Å²) >= 11 is 0. The molecule has 8 nitrogen and oxygen atoms in total. The molecule has 6 rings (SSSR count). The number of piperidine rings is 1. The molecule has 2 N–H and O–H groups in total. The number of amides is 2. The molecule has 1 atom stereocenters. The number of hydrogen-bond acceptors (Lipinski definition) is 5. The van der Waals surface area contributed by atoms with Crippen LogP contribution in [0.2, 0.25) is 0 Å². The Labute approximate surface area is 227 Å². The largest absolute Gasteiger partial charge is 0.451 e. The lowest BCUT2D eigenvalue weighted by molar-refractivity contribution is -0.133. The van der Waals surface area contributed by atoms with Gasteiger partial charge in [0.1, 0.15) is 11.1 Å². The van der Waals surface area contributed by atoms with Crippen LogP contribution in [0.4, 0.5) is 5.69 Å². The van der Waals surface area contributed by atoms with Crippen molar-refractivity contribution in [1.29, 1.82) is 0 Å². The number of nitrogens with zero attached hydrogens (tertiary/aromatic N) is 2. The summed E-state index contributed by atoms with van der Waals surface area (Å²) in [5, 5.41) is 6.85. The van der Waals surface area contributed by atoms with Gasteiger partial charge in [0, 0.05) is 24.3 Å². The highest BCUT2D eigenvalue weighted by Gasteiger charge is 2.43. The second-order valence-electron chi connectivity index (χ2n) is 10.5. The fourth-order valence-corrected chi connectivity index (χ4v) is 5.86. The summed E-state index contributed by atoms with van der Waals surface area (Å²) in [7, 11) is 0. The van der Waals surface area contributed by atoms with Crippen LogP contribution in [0.25, 0.3) is 16.7 Å². The maximum absolute atomic E-state index is 13.7. The number of Topliss-reactive ketones (excluding diaryl/α,β-unsaturated/α-hetero) is 1. The van der Waals surface area contributed by atoms with E-state index in [0.29, 0.717) is 31.4 Å². The van der Waals surface area contributed by atoms with Crippen LogP contribution in [0.1, 0.15) is 49.1 Å². The Morgan fingerprint density at radius 3 is 2.36 bits per heavy atom. The molecule has 0 bridgehead atoms. The second kappa shape index (κ2) is 10.4. The standard InChI is InChI=1S/C31H32N4O4/c36-26-21-35(25-12-4-3-11-24(25)34-17-8-9-18-34)19-14-23(26)32-30(38)31(15-6-1-7-16-31)33-29(37)28-20-22-10-2-5-13-27(22)39-28/h2-5,8-13,17-18,20,23H,1,6-7,14-16,19,21H2,(H,32,38)(H,33,37). The van der Waals surface area contributed by atoms with Crippen molar-refractivity contribution >= 4 is 34.3 Å². The highest BCUT2D eigenvalue weighted by atomic mass is 16.3. The Hall–Kier alpha value is -4.33. The molecule has 1 unspecified atom stereocenters. The minimum atomic E-state index is -1.06. The van der Waals surface area contributed by atoms with Crippen LogP contribution < -0.4 is 15.5 Å². The van der Waals surface area contributed by atoms with E-state index in [4.69, 9.17) is 4.42 Å². The summed E-state index contributed by atoms with van der Waals surface area (Å²) in [4.78, 5) is 42.3. The van der Waals surface area contributed by atoms with Crippen LogP contribution in [-0.2, 0) is 9.59 Å². The second-order valence-corrected chi connectivity index (χ2v) is 10.5. The van der Waals surface area contributed by atoms with Crippen LogP contribution >= 0.6 is 0 Å². The topological polar surface area (TPSA) is 96.6 Å². The first-order chi connectivity index (χ1) is 19.0. The van der Waals surface area contributed by atoms with Gasteiger partial charge in [-0.3, -0.25) is 14.4 Å². The summed E-state index contributed by atoms with van der Waals surface area (Å²) in [5.74, 6) is -0.552. The zero-order valence-corrected chi connectivity index (χ0v) is 21.8. The smallest absolute Gasteiger partial charge is 0.287 e. The summed E-state index contributed by atoms with van der Waals surface area (Å²) in [5.41, 5.74) is 1.55. The Bertz CT molecular complexity index is 1470. The number of furan rings is 1. The van der Waals surface area contributed by atoms with E-state index < -0.39 is 17.5 Å². The van der Waals surface area contributed by atoms with E-state index >= 15 is 0 Å². The number of para-hydroxylation sites is 3. The molecule has 2 amide bonds. The Morgan fingerprint density at radius 2 is 1.62 bits per heavy atom. The average molecular weight is 525 g/mol. The molecule has 39 heavy (non-hydrogen) atoms. The molecule has 0 spiro atoms. The zero-order valence-electron chi connectivity index (χ0n) is 21.8. The zero-order chi connectivity index (χ0) is 26.8. The SMILES string of the molecule is O=C(NC1(C(=O)NC2CCN(c3ccccc3-n3cccc3)CC2=O)CCCCC1)c1cc2ccccc2o1. The number of benzene rings is 2. The lowest BCUT2D eigenvalue weighted by Gasteiger charge is -2.39. The van der Waals surface area contributed by atoms with E-state index in [2.05, 4.69) is 15.5 Å². The number of nitrogens with one attached hydrogen (secondary N) is 2. The molecule has 3 heterocycles. The molecule has 4 aromatic rings. The molecule has 1 aliphatic carbocycles. The van der Waals surface area contributed by atoms with E-state index in [-0.39, 0.29) is 24.0 Å². The van der Waals surface area contributed by atoms with Gasteiger partial charge in [-0.15, -0.1) is 0 Å². The fraction of sp³-hybridized carbons (Fsp3) is 0.323. The maximum Gasteiger partial charge on any atom is 0.287 e. The van der Waals surface area contributed by atoms with Crippen molar-refractivity contribution in [3.63, 3.8) is 0 Å². The van der Waals surface area contributed by atoms with Crippen molar-refractivity contribution in [2.45, 2.75) is 50.1 Å². The van der Waals surface area contributed by atoms with Gasteiger partial charge >= 0.3 is 0 Å². The lowest BCUT2D eigenvalue weighted by atomic mass is 9.80. The molecule has 1 saturated heterocycles. The molecular weight excluding hydrogens is 492 g/mol. The van der Waals surface area contributed by atoms with Gasteiger partial charge in [0.2, 0.25) is 5.91 Å². The molecule has 1 saturated carbocycles. The van der Waals surface area contributed by atoms with Crippen molar-refractivity contribution < 1.29 is 18.8 Å². The maximum atomic E-state index is 13.7. The summed E-state index contributed by atoms with van der Waals surface area (Å²) in [6.45, 7) is 0.842. The third kappa shape index (κ3) is 4.94. The minimum Gasteiger partial charge on any atom is -0.451 e. The molecule has 2 aromatic carbocycles. The van der Waals surface area contributed by atoms with Crippen LogP contribution in [-0.4, -0.2) is 46.8 Å². The first-order valence-electron chi connectivity index (χ1n) is 13.6. The van der Waals surface area contributed by atoms with Gasteiger partial charge in [0.15, 0.2) is 11.5 Å². The van der Waals surface area contributed by atoms with Crippen molar-refractivity contribution in [1.82, 2.24) is 15.2 Å². The monoisotopic (exact) mass is 524 g/mol. The molecule has 0 radical (unpaired) electrons. The van der Waals surface area contributed by atoms with E-state index in [1.165, 1.54) is 0 Å². The number of fused-ring (bicyclic) bond motifs is 1. The van der Waals surface area contributed by atoms with E-state index in [0.717, 1.165) is 36.0 Å². The highest BCUT2D eigenvalue weighted by Crippen LogP contribution is 2.31. The van der Waals surface area contributed by atoms with Gasteiger partial charge in [-0.05, 0) is 55.7 Å². The van der Waals surface area contributed by atoms with Gasteiger partial charge in [-0.1, -0.05) is 49.6 Å². The molecule has 2 fully saturated rings. The van der Waals surface area contributed by atoms with Gasteiger partial charge in [-0.25, -0.2) is 0 Å². The van der Waals surface area contributed by atoms with Gasteiger partial charge in [0.05, 0.1) is 24.0 Å². The Morgan fingerprint density at radius 1 is 0.897 bits per heavy atom. The van der Waals surface area contributed by atoms with E-state index in [9.17, 15) is 14.4 Å². The normalized spacial score (nSPS) is 19.1. The van der Waals surface area contributed by atoms with Crippen molar-refractivity contribution in [2.24, 2.45) is 0 Å². The Kier molecular flexibility index (Phi) is 6.69.